The first kappa shape index (κ1) is 12.4. The Hall–Kier alpha value is -1.62. The number of amides is 1. The van der Waals surface area contributed by atoms with Crippen molar-refractivity contribution in [3.05, 3.63) is 23.9 Å². The Morgan fingerprint density at radius 3 is 2.81 bits per heavy atom. The summed E-state index contributed by atoms with van der Waals surface area (Å²) in [5, 5.41) is 2.52. The number of rotatable bonds is 5. The van der Waals surface area contributed by atoms with Crippen molar-refractivity contribution < 1.29 is 14.3 Å². The van der Waals surface area contributed by atoms with Gasteiger partial charge in [-0.05, 0) is 18.1 Å². The molecule has 88 valence electrons. The second kappa shape index (κ2) is 6.79. The molecule has 0 radical (unpaired) electrons. The van der Waals surface area contributed by atoms with E-state index in [2.05, 4.69) is 10.3 Å². The van der Waals surface area contributed by atoms with E-state index in [-0.39, 0.29) is 6.61 Å². The van der Waals surface area contributed by atoms with Gasteiger partial charge in [0.15, 0.2) is 0 Å². The maximum absolute atomic E-state index is 11.2. The van der Waals surface area contributed by atoms with Gasteiger partial charge in [-0.15, -0.1) is 0 Å². The van der Waals surface area contributed by atoms with Crippen LogP contribution in [0.2, 0.25) is 0 Å². The van der Waals surface area contributed by atoms with E-state index in [1.807, 2.05) is 13.0 Å². The van der Waals surface area contributed by atoms with Crippen LogP contribution in [0.15, 0.2) is 18.3 Å². The van der Waals surface area contributed by atoms with Crippen molar-refractivity contribution in [1.82, 2.24) is 4.98 Å². The molecular formula is C11H16N2O3. The van der Waals surface area contributed by atoms with Crippen molar-refractivity contribution in [1.29, 1.82) is 0 Å². The summed E-state index contributed by atoms with van der Waals surface area (Å²) in [6.07, 6.45) is 2.13. The van der Waals surface area contributed by atoms with E-state index in [1.54, 1.807) is 19.4 Å². The molecule has 0 unspecified atom stereocenters. The molecule has 0 aliphatic rings. The molecular weight excluding hydrogens is 208 g/mol. The van der Waals surface area contributed by atoms with Gasteiger partial charge in [-0.2, -0.15) is 0 Å². The summed E-state index contributed by atoms with van der Waals surface area (Å²) in [4.78, 5) is 15.3. The number of carbonyl (C=O) groups is 1. The first-order chi connectivity index (χ1) is 7.76. The molecule has 1 aromatic rings. The molecule has 16 heavy (non-hydrogen) atoms. The van der Waals surface area contributed by atoms with Crippen LogP contribution in [0, 0.1) is 0 Å². The van der Waals surface area contributed by atoms with E-state index < -0.39 is 6.09 Å². The third-order valence-corrected chi connectivity index (χ3v) is 1.98. The summed E-state index contributed by atoms with van der Waals surface area (Å²) in [5.41, 5.74) is 1.12. The number of aryl methyl sites for hydroxylation is 1. The molecule has 0 aliphatic heterocycles. The van der Waals surface area contributed by atoms with Crippen LogP contribution in [0.5, 0.6) is 0 Å². The predicted molar refractivity (Wildman–Crippen MR) is 60.5 cm³/mol. The minimum absolute atomic E-state index is 0.232. The molecule has 0 atom stereocenters. The van der Waals surface area contributed by atoms with Crippen LogP contribution in [0.3, 0.4) is 0 Å². The highest BCUT2D eigenvalue weighted by molar-refractivity contribution is 5.83. The normalized spacial score (nSPS) is 9.88. The second-order valence-corrected chi connectivity index (χ2v) is 3.16. The Morgan fingerprint density at radius 2 is 2.25 bits per heavy atom. The average Bonchev–Trinajstić information content (AvgIpc) is 2.30. The SMILES string of the molecule is CCc1ccc(NC(=O)OCCOC)nc1. The first-order valence-electron chi connectivity index (χ1n) is 5.14. The van der Waals surface area contributed by atoms with E-state index in [4.69, 9.17) is 9.47 Å². The largest absolute Gasteiger partial charge is 0.447 e. The quantitative estimate of drug-likeness (QED) is 0.775. The third-order valence-electron chi connectivity index (χ3n) is 1.98. The van der Waals surface area contributed by atoms with Crippen molar-refractivity contribution >= 4 is 11.9 Å². The zero-order chi connectivity index (χ0) is 11.8. The van der Waals surface area contributed by atoms with Crippen LogP contribution in [-0.4, -0.2) is 31.4 Å². The molecule has 1 aromatic heterocycles. The fraction of sp³-hybridized carbons (Fsp3) is 0.455. The lowest BCUT2D eigenvalue weighted by Crippen LogP contribution is -2.17. The van der Waals surface area contributed by atoms with Gasteiger partial charge in [0.2, 0.25) is 0 Å². The number of carbonyl (C=O) groups excluding carboxylic acids is 1. The Labute approximate surface area is 94.8 Å². The third kappa shape index (κ3) is 4.27. The Balaban J connectivity index is 2.37. The fourth-order valence-electron chi connectivity index (χ4n) is 1.07. The van der Waals surface area contributed by atoms with E-state index in [1.165, 1.54) is 0 Å². The molecule has 0 fully saturated rings. The van der Waals surface area contributed by atoms with Crippen molar-refractivity contribution in [2.75, 3.05) is 25.6 Å². The van der Waals surface area contributed by atoms with E-state index in [9.17, 15) is 4.79 Å². The summed E-state index contributed by atoms with van der Waals surface area (Å²) in [6.45, 7) is 2.66. The molecule has 1 amide bonds. The topological polar surface area (TPSA) is 60.5 Å². The van der Waals surface area contributed by atoms with Gasteiger partial charge in [0, 0.05) is 13.3 Å². The summed E-state index contributed by atoms with van der Waals surface area (Å²) in [5.74, 6) is 0.486. The van der Waals surface area contributed by atoms with Gasteiger partial charge < -0.3 is 9.47 Å². The van der Waals surface area contributed by atoms with Gasteiger partial charge in [0.25, 0.3) is 0 Å². The van der Waals surface area contributed by atoms with Gasteiger partial charge >= 0.3 is 6.09 Å². The smallest absolute Gasteiger partial charge is 0.412 e. The lowest BCUT2D eigenvalue weighted by atomic mass is 10.2. The molecule has 1 heterocycles. The van der Waals surface area contributed by atoms with Crippen LogP contribution in [-0.2, 0) is 15.9 Å². The van der Waals surface area contributed by atoms with Gasteiger partial charge in [0.05, 0.1) is 6.61 Å². The van der Waals surface area contributed by atoms with E-state index in [0.717, 1.165) is 12.0 Å². The fourth-order valence-corrected chi connectivity index (χ4v) is 1.07. The van der Waals surface area contributed by atoms with Crippen molar-refractivity contribution in [2.24, 2.45) is 0 Å². The number of hydrogen-bond donors (Lipinski definition) is 1. The summed E-state index contributed by atoms with van der Waals surface area (Å²) < 4.78 is 9.58. The van der Waals surface area contributed by atoms with Gasteiger partial charge in [-0.3, -0.25) is 5.32 Å². The van der Waals surface area contributed by atoms with Gasteiger partial charge in [-0.1, -0.05) is 13.0 Å². The summed E-state index contributed by atoms with van der Waals surface area (Å²) in [6, 6.07) is 3.66. The van der Waals surface area contributed by atoms with Crippen LogP contribution < -0.4 is 5.32 Å². The molecule has 1 N–H and O–H groups in total. The Kier molecular flexibility index (Phi) is 5.28. The maximum Gasteiger partial charge on any atom is 0.412 e. The number of anilines is 1. The van der Waals surface area contributed by atoms with E-state index >= 15 is 0 Å². The number of ether oxygens (including phenoxy) is 2. The highest BCUT2D eigenvalue weighted by Crippen LogP contribution is 2.05. The molecule has 0 spiro atoms. The zero-order valence-corrected chi connectivity index (χ0v) is 9.53. The number of methoxy groups -OCH3 is 1. The number of aromatic nitrogens is 1. The average molecular weight is 224 g/mol. The molecule has 0 saturated heterocycles. The molecule has 0 aliphatic carbocycles. The Bertz CT molecular complexity index is 325. The molecule has 5 nitrogen and oxygen atoms in total. The van der Waals surface area contributed by atoms with Crippen LogP contribution >= 0.6 is 0 Å². The molecule has 0 saturated carbocycles. The maximum atomic E-state index is 11.2. The first-order valence-corrected chi connectivity index (χ1v) is 5.14. The minimum Gasteiger partial charge on any atom is -0.447 e. The molecule has 0 bridgehead atoms. The minimum atomic E-state index is -0.520. The van der Waals surface area contributed by atoms with Crippen LogP contribution in [0.1, 0.15) is 12.5 Å². The van der Waals surface area contributed by atoms with Gasteiger partial charge in [-0.25, -0.2) is 9.78 Å². The standard InChI is InChI=1S/C11H16N2O3/c1-3-9-4-5-10(12-8-9)13-11(14)16-7-6-15-2/h4-5,8H,3,6-7H2,1-2H3,(H,12,13,14). The number of nitrogens with one attached hydrogen (secondary N) is 1. The number of nitrogens with zero attached hydrogens (tertiary/aromatic N) is 1. The lowest BCUT2D eigenvalue weighted by Gasteiger charge is -2.06. The molecule has 0 aromatic carbocycles. The highest BCUT2D eigenvalue weighted by atomic mass is 16.6. The van der Waals surface area contributed by atoms with Crippen molar-refractivity contribution in [3.63, 3.8) is 0 Å². The molecule has 5 heteroatoms. The van der Waals surface area contributed by atoms with Gasteiger partial charge in [0.1, 0.15) is 12.4 Å². The highest BCUT2D eigenvalue weighted by Gasteiger charge is 2.03. The zero-order valence-electron chi connectivity index (χ0n) is 9.53. The number of pyridine rings is 1. The summed E-state index contributed by atoms with van der Waals surface area (Å²) in [7, 11) is 1.55. The van der Waals surface area contributed by atoms with Crippen molar-refractivity contribution in [3.8, 4) is 0 Å². The second-order valence-electron chi connectivity index (χ2n) is 3.16. The Morgan fingerprint density at radius 1 is 1.44 bits per heavy atom. The van der Waals surface area contributed by atoms with Crippen molar-refractivity contribution in [2.45, 2.75) is 13.3 Å². The van der Waals surface area contributed by atoms with Crippen LogP contribution in [0.25, 0.3) is 0 Å². The lowest BCUT2D eigenvalue weighted by molar-refractivity contribution is 0.107. The predicted octanol–water partition coefficient (Wildman–Crippen LogP) is 1.84. The van der Waals surface area contributed by atoms with Crippen LogP contribution in [0.4, 0.5) is 10.6 Å². The summed E-state index contributed by atoms with van der Waals surface area (Å²) >= 11 is 0. The monoisotopic (exact) mass is 224 g/mol. The van der Waals surface area contributed by atoms with E-state index in [0.29, 0.717) is 12.4 Å². The number of hydrogen-bond acceptors (Lipinski definition) is 4. The molecule has 1 rings (SSSR count).